The summed E-state index contributed by atoms with van der Waals surface area (Å²) in [6.07, 6.45) is -2.23. The van der Waals surface area contributed by atoms with Crippen LogP contribution in [-0.4, -0.2) is 48.2 Å². The van der Waals surface area contributed by atoms with Gasteiger partial charge in [0.25, 0.3) is 0 Å². The molecule has 100 valence electrons. The fourth-order valence-electron chi connectivity index (χ4n) is 1.72. The predicted molar refractivity (Wildman–Crippen MR) is 62.2 cm³/mol. The molecule has 1 aromatic carbocycles. The Kier molecular flexibility index (Phi) is 3.61. The highest BCUT2D eigenvalue weighted by molar-refractivity contribution is 7.89. The van der Waals surface area contributed by atoms with E-state index < -0.39 is 28.0 Å². The number of aliphatic hydroxyl groups is 2. The standard InChI is InChI=1S/C10H11ClFNO4S/c11-7-3-6(1-2-8(7)12)18(16,17)13-4-9(14)10(15)5-13/h1-3,9-10,14-15H,4-5H2. The van der Waals surface area contributed by atoms with E-state index in [4.69, 9.17) is 11.6 Å². The minimum atomic E-state index is -3.88. The third-order valence-corrected chi connectivity index (χ3v) is 4.87. The van der Waals surface area contributed by atoms with Crippen LogP contribution in [0.4, 0.5) is 4.39 Å². The lowest BCUT2D eigenvalue weighted by atomic mass is 10.3. The summed E-state index contributed by atoms with van der Waals surface area (Å²) in [6, 6.07) is 3.05. The highest BCUT2D eigenvalue weighted by Crippen LogP contribution is 2.25. The summed E-state index contributed by atoms with van der Waals surface area (Å²) in [6.45, 7) is -0.392. The summed E-state index contributed by atoms with van der Waals surface area (Å²) in [5.74, 6) is -0.711. The smallest absolute Gasteiger partial charge is 0.243 e. The van der Waals surface area contributed by atoms with Crippen LogP contribution in [0.5, 0.6) is 0 Å². The first-order chi connectivity index (χ1) is 8.32. The third kappa shape index (κ3) is 2.36. The molecule has 8 heteroatoms. The van der Waals surface area contributed by atoms with Crippen LogP contribution in [0.2, 0.25) is 5.02 Å². The van der Waals surface area contributed by atoms with Gasteiger partial charge < -0.3 is 10.2 Å². The van der Waals surface area contributed by atoms with Crippen LogP contribution in [0.3, 0.4) is 0 Å². The molecule has 1 aliphatic rings. The van der Waals surface area contributed by atoms with E-state index >= 15 is 0 Å². The average molecular weight is 296 g/mol. The van der Waals surface area contributed by atoms with E-state index in [9.17, 15) is 23.0 Å². The Morgan fingerprint density at radius 1 is 1.28 bits per heavy atom. The van der Waals surface area contributed by atoms with Gasteiger partial charge >= 0.3 is 0 Å². The van der Waals surface area contributed by atoms with Gasteiger partial charge in [-0.15, -0.1) is 0 Å². The molecule has 0 aliphatic carbocycles. The van der Waals surface area contributed by atoms with Crippen LogP contribution in [0.15, 0.2) is 23.1 Å². The Balaban J connectivity index is 2.34. The van der Waals surface area contributed by atoms with Crippen molar-refractivity contribution in [2.45, 2.75) is 17.1 Å². The Bertz CT molecular complexity index is 555. The zero-order valence-electron chi connectivity index (χ0n) is 9.12. The molecule has 1 fully saturated rings. The second kappa shape index (κ2) is 4.75. The van der Waals surface area contributed by atoms with Gasteiger partial charge in [-0.25, -0.2) is 12.8 Å². The van der Waals surface area contributed by atoms with Crippen molar-refractivity contribution in [2.75, 3.05) is 13.1 Å². The van der Waals surface area contributed by atoms with Crippen molar-refractivity contribution >= 4 is 21.6 Å². The van der Waals surface area contributed by atoms with Crippen molar-refractivity contribution < 1.29 is 23.0 Å². The summed E-state index contributed by atoms with van der Waals surface area (Å²) in [5, 5.41) is 18.4. The van der Waals surface area contributed by atoms with E-state index in [-0.39, 0.29) is 23.0 Å². The van der Waals surface area contributed by atoms with Gasteiger partial charge in [0.05, 0.1) is 22.1 Å². The first-order valence-electron chi connectivity index (χ1n) is 5.13. The molecular weight excluding hydrogens is 285 g/mol. The van der Waals surface area contributed by atoms with Crippen LogP contribution >= 0.6 is 11.6 Å². The van der Waals surface area contributed by atoms with Crippen molar-refractivity contribution in [3.63, 3.8) is 0 Å². The zero-order valence-corrected chi connectivity index (χ0v) is 10.7. The van der Waals surface area contributed by atoms with Crippen molar-refractivity contribution in [3.8, 4) is 0 Å². The molecule has 1 heterocycles. The molecule has 2 unspecified atom stereocenters. The SMILES string of the molecule is O=S(=O)(c1ccc(F)c(Cl)c1)N1CC(O)C(O)C1. The molecule has 2 atom stereocenters. The molecule has 0 radical (unpaired) electrons. The third-order valence-electron chi connectivity index (χ3n) is 2.75. The molecule has 5 nitrogen and oxygen atoms in total. The summed E-state index contributed by atoms with van der Waals surface area (Å²) in [7, 11) is -3.88. The number of hydrogen-bond acceptors (Lipinski definition) is 4. The predicted octanol–water partition coefficient (Wildman–Crippen LogP) is 0.205. The molecule has 0 saturated carbocycles. The largest absolute Gasteiger partial charge is 0.389 e. The van der Waals surface area contributed by atoms with Crippen molar-refractivity contribution in [2.24, 2.45) is 0 Å². The number of halogens is 2. The Morgan fingerprint density at radius 3 is 2.33 bits per heavy atom. The van der Waals surface area contributed by atoms with E-state index in [1.807, 2.05) is 0 Å². The first kappa shape index (κ1) is 13.7. The fourth-order valence-corrected chi connectivity index (χ4v) is 3.47. The minimum Gasteiger partial charge on any atom is -0.389 e. The number of sulfonamides is 1. The van der Waals surface area contributed by atoms with Gasteiger partial charge in [-0.3, -0.25) is 0 Å². The van der Waals surface area contributed by atoms with Gasteiger partial charge in [0.2, 0.25) is 10.0 Å². The topological polar surface area (TPSA) is 77.8 Å². The summed E-state index contributed by atoms with van der Waals surface area (Å²) in [5.41, 5.74) is 0. The molecule has 18 heavy (non-hydrogen) atoms. The van der Waals surface area contributed by atoms with Crippen molar-refractivity contribution in [1.82, 2.24) is 4.31 Å². The van der Waals surface area contributed by atoms with Gasteiger partial charge in [-0.05, 0) is 18.2 Å². The molecular formula is C10H11ClFNO4S. The molecule has 1 saturated heterocycles. The monoisotopic (exact) mass is 295 g/mol. The fraction of sp³-hybridized carbons (Fsp3) is 0.400. The maximum atomic E-state index is 13.0. The van der Waals surface area contributed by atoms with E-state index in [2.05, 4.69) is 0 Å². The summed E-state index contributed by atoms with van der Waals surface area (Å²) < 4.78 is 38.1. The summed E-state index contributed by atoms with van der Waals surface area (Å²) >= 11 is 5.53. The van der Waals surface area contributed by atoms with Crippen LogP contribution < -0.4 is 0 Å². The highest BCUT2D eigenvalue weighted by Gasteiger charge is 2.37. The van der Waals surface area contributed by atoms with Crippen LogP contribution in [0, 0.1) is 5.82 Å². The maximum Gasteiger partial charge on any atom is 0.243 e. The Labute approximate surface area is 108 Å². The zero-order chi connectivity index (χ0) is 13.5. The van der Waals surface area contributed by atoms with Crippen molar-refractivity contribution in [1.29, 1.82) is 0 Å². The molecule has 2 N–H and O–H groups in total. The van der Waals surface area contributed by atoms with E-state index in [1.54, 1.807) is 0 Å². The molecule has 1 aliphatic heterocycles. The minimum absolute atomic E-state index is 0.171. The summed E-state index contributed by atoms with van der Waals surface area (Å²) in [4.78, 5) is -0.171. The van der Waals surface area contributed by atoms with Crippen molar-refractivity contribution in [3.05, 3.63) is 29.0 Å². The lowest BCUT2D eigenvalue weighted by Crippen LogP contribution is -2.30. The van der Waals surface area contributed by atoms with E-state index in [0.717, 1.165) is 22.5 Å². The second-order valence-corrected chi connectivity index (χ2v) is 6.38. The molecule has 0 bridgehead atoms. The first-order valence-corrected chi connectivity index (χ1v) is 6.95. The number of β-amino-alcohol motifs (C(OH)–C–C–N with tert-alkyl or cyclic N) is 2. The van der Waals surface area contributed by atoms with Gasteiger partial charge in [-0.2, -0.15) is 4.31 Å². The highest BCUT2D eigenvalue weighted by atomic mass is 35.5. The van der Waals surface area contributed by atoms with Gasteiger partial charge in [0.15, 0.2) is 0 Å². The molecule has 2 rings (SSSR count). The van der Waals surface area contributed by atoms with Crippen LogP contribution in [0.25, 0.3) is 0 Å². The van der Waals surface area contributed by atoms with Gasteiger partial charge in [-0.1, -0.05) is 11.6 Å². The van der Waals surface area contributed by atoms with Crippen LogP contribution in [-0.2, 0) is 10.0 Å². The van der Waals surface area contributed by atoms with Gasteiger partial charge in [0.1, 0.15) is 5.82 Å². The number of rotatable bonds is 2. The number of benzene rings is 1. The van der Waals surface area contributed by atoms with E-state index in [0.29, 0.717) is 0 Å². The number of aliphatic hydroxyl groups excluding tert-OH is 2. The quantitative estimate of drug-likeness (QED) is 0.817. The maximum absolute atomic E-state index is 13.0. The Hall–Kier alpha value is -0.730. The number of hydrogen-bond donors (Lipinski definition) is 2. The van der Waals surface area contributed by atoms with E-state index in [1.165, 1.54) is 0 Å². The van der Waals surface area contributed by atoms with Crippen LogP contribution in [0.1, 0.15) is 0 Å². The normalized spacial score (nSPS) is 25.6. The Morgan fingerprint density at radius 2 is 1.83 bits per heavy atom. The number of nitrogens with zero attached hydrogens (tertiary/aromatic N) is 1. The average Bonchev–Trinajstić information content (AvgIpc) is 2.64. The lowest BCUT2D eigenvalue weighted by Gasteiger charge is -2.15. The second-order valence-electron chi connectivity index (χ2n) is 4.03. The molecule has 1 aromatic rings. The van der Waals surface area contributed by atoms with Gasteiger partial charge in [0, 0.05) is 13.1 Å². The molecule has 0 aromatic heterocycles. The molecule has 0 amide bonds. The lowest BCUT2D eigenvalue weighted by molar-refractivity contribution is 0.0572. The molecule has 0 spiro atoms.